The Kier molecular flexibility index (Phi) is 2.14. The van der Waals surface area contributed by atoms with E-state index in [1.165, 1.54) is 0 Å². The second-order valence-corrected chi connectivity index (χ2v) is 3.75. The number of nitrogens with zero attached hydrogens (tertiary/aromatic N) is 2. The lowest BCUT2D eigenvalue weighted by molar-refractivity contribution is 0.969. The highest BCUT2D eigenvalue weighted by Gasteiger charge is 2.14. The maximum absolute atomic E-state index is 5.97. The molecule has 5 heteroatoms. The van der Waals surface area contributed by atoms with Crippen molar-refractivity contribution < 1.29 is 0 Å². The molecule has 2 aromatic rings. The maximum Gasteiger partial charge on any atom is 0.139 e. The Morgan fingerprint density at radius 1 is 1.31 bits per heavy atom. The molecule has 2 nitrogen and oxygen atoms in total. The molecule has 0 radical (unpaired) electrons. The van der Waals surface area contributed by atoms with E-state index in [0.29, 0.717) is 20.7 Å². The summed E-state index contributed by atoms with van der Waals surface area (Å²) in [4.78, 5) is 3.93. The predicted molar refractivity (Wildman–Crippen MR) is 55.7 cm³/mol. The van der Waals surface area contributed by atoms with Crippen molar-refractivity contribution in [2.75, 3.05) is 0 Å². The molecule has 0 amide bonds. The van der Waals surface area contributed by atoms with Crippen LogP contribution in [0.25, 0.3) is 10.9 Å². The van der Waals surface area contributed by atoms with Gasteiger partial charge in [0.1, 0.15) is 10.3 Å². The summed E-state index contributed by atoms with van der Waals surface area (Å²) in [5, 5.41) is 2.02. The number of pyridine rings is 1. The van der Waals surface area contributed by atoms with Gasteiger partial charge in [0.2, 0.25) is 0 Å². The summed E-state index contributed by atoms with van der Waals surface area (Å²) in [5.41, 5.74) is 0.884. The Hall–Kier alpha value is -0.440. The van der Waals surface area contributed by atoms with Gasteiger partial charge in [0, 0.05) is 13.2 Å². The van der Waals surface area contributed by atoms with Crippen LogP contribution in [-0.4, -0.2) is 9.55 Å². The number of fused-ring (bicyclic) bond motifs is 1. The number of hydrogen-bond acceptors (Lipinski definition) is 1. The van der Waals surface area contributed by atoms with Gasteiger partial charge in [-0.25, -0.2) is 4.98 Å². The summed E-state index contributed by atoms with van der Waals surface area (Å²) >= 11 is 17.8. The van der Waals surface area contributed by atoms with Crippen LogP contribution in [0.15, 0.2) is 12.3 Å². The molecule has 0 aromatic carbocycles. The van der Waals surface area contributed by atoms with Crippen molar-refractivity contribution in [3.63, 3.8) is 0 Å². The highest BCUT2D eigenvalue weighted by Crippen LogP contribution is 2.36. The van der Waals surface area contributed by atoms with Crippen LogP contribution in [0.3, 0.4) is 0 Å². The molecule has 0 aliphatic rings. The smallest absolute Gasteiger partial charge is 0.139 e. The molecule has 68 valence electrons. The summed E-state index contributed by atoms with van der Waals surface area (Å²) in [6.07, 6.45) is 1.62. The van der Waals surface area contributed by atoms with Gasteiger partial charge in [-0.1, -0.05) is 34.8 Å². The van der Waals surface area contributed by atoms with Crippen molar-refractivity contribution in [3.8, 4) is 0 Å². The first-order valence-electron chi connectivity index (χ1n) is 3.57. The van der Waals surface area contributed by atoms with Crippen LogP contribution in [0.4, 0.5) is 0 Å². The van der Waals surface area contributed by atoms with Crippen molar-refractivity contribution in [3.05, 3.63) is 27.6 Å². The lowest BCUT2D eigenvalue weighted by atomic mass is 10.3. The highest BCUT2D eigenvalue weighted by molar-refractivity contribution is 6.48. The van der Waals surface area contributed by atoms with E-state index in [0.717, 1.165) is 5.52 Å². The Morgan fingerprint density at radius 2 is 2.00 bits per heavy atom. The lowest BCUT2D eigenvalue weighted by Gasteiger charge is -1.95. The van der Waals surface area contributed by atoms with E-state index in [1.807, 2.05) is 13.1 Å². The third-order valence-electron chi connectivity index (χ3n) is 1.94. The molecule has 0 fully saturated rings. The van der Waals surface area contributed by atoms with Crippen molar-refractivity contribution in [2.45, 2.75) is 0 Å². The van der Waals surface area contributed by atoms with Crippen LogP contribution < -0.4 is 0 Å². The minimum absolute atomic E-state index is 0.380. The molecule has 2 aromatic heterocycles. The minimum atomic E-state index is 0.380. The van der Waals surface area contributed by atoms with Gasteiger partial charge < -0.3 is 4.57 Å². The summed E-state index contributed by atoms with van der Waals surface area (Å²) < 4.78 is 1.77. The van der Waals surface area contributed by atoms with Gasteiger partial charge in [-0.05, 0) is 6.07 Å². The third kappa shape index (κ3) is 1.21. The zero-order valence-electron chi connectivity index (χ0n) is 6.68. The topological polar surface area (TPSA) is 17.8 Å². The Labute approximate surface area is 90.0 Å². The molecule has 13 heavy (non-hydrogen) atoms. The number of aromatic nitrogens is 2. The normalized spacial score (nSPS) is 11.1. The number of halogens is 3. The first-order chi connectivity index (χ1) is 6.13. The van der Waals surface area contributed by atoms with Crippen LogP contribution in [0.1, 0.15) is 0 Å². The van der Waals surface area contributed by atoms with Gasteiger partial charge in [0.05, 0.1) is 15.9 Å². The van der Waals surface area contributed by atoms with Gasteiger partial charge in [0.15, 0.2) is 0 Å². The summed E-state index contributed by atoms with van der Waals surface area (Å²) in [5.74, 6) is 0. The molecule has 0 unspecified atom stereocenters. The predicted octanol–water partition coefficient (Wildman–Crippen LogP) is 3.53. The number of aryl methyl sites for hydroxylation is 1. The summed E-state index contributed by atoms with van der Waals surface area (Å²) in [6.45, 7) is 0. The molecule has 0 atom stereocenters. The second kappa shape index (κ2) is 3.05. The van der Waals surface area contributed by atoms with E-state index in [2.05, 4.69) is 4.98 Å². The van der Waals surface area contributed by atoms with E-state index in [-0.39, 0.29) is 0 Å². The summed E-state index contributed by atoms with van der Waals surface area (Å²) in [6, 6.07) is 1.82. The Bertz CT molecular complexity index is 476. The summed E-state index contributed by atoms with van der Waals surface area (Å²) in [7, 11) is 1.83. The fraction of sp³-hybridized carbons (Fsp3) is 0.125. The second-order valence-electron chi connectivity index (χ2n) is 2.66. The molecule has 0 aliphatic heterocycles. The lowest BCUT2D eigenvalue weighted by Crippen LogP contribution is -1.86. The average molecular weight is 236 g/mol. The third-order valence-corrected chi connectivity index (χ3v) is 3.13. The SMILES string of the molecule is Cn1c(Cl)c(Cl)c2c(Cl)nccc21. The first kappa shape index (κ1) is 9.13. The van der Waals surface area contributed by atoms with E-state index in [1.54, 1.807) is 10.8 Å². The average Bonchev–Trinajstić information content (AvgIpc) is 2.33. The van der Waals surface area contributed by atoms with Crippen molar-refractivity contribution >= 4 is 45.7 Å². The van der Waals surface area contributed by atoms with Gasteiger partial charge in [0.25, 0.3) is 0 Å². The van der Waals surface area contributed by atoms with Crippen LogP contribution in [-0.2, 0) is 7.05 Å². The zero-order chi connectivity index (χ0) is 9.59. The van der Waals surface area contributed by atoms with Crippen molar-refractivity contribution in [1.82, 2.24) is 9.55 Å². The molecule has 2 heterocycles. The quantitative estimate of drug-likeness (QED) is 0.639. The largest absolute Gasteiger partial charge is 0.333 e. The molecular formula is C8H5Cl3N2. The molecule has 0 spiro atoms. The van der Waals surface area contributed by atoms with Crippen molar-refractivity contribution in [2.24, 2.45) is 7.05 Å². The van der Waals surface area contributed by atoms with Gasteiger partial charge in [-0.15, -0.1) is 0 Å². The van der Waals surface area contributed by atoms with E-state index in [9.17, 15) is 0 Å². The minimum Gasteiger partial charge on any atom is -0.333 e. The van der Waals surface area contributed by atoms with Crippen LogP contribution >= 0.6 is 34.8 Å². The standard InChI is InChI=1S/C8H5Cl3N2/c1-13-4-2-3-12-7(10)5(4)6(9)8(13)11/h2-3H,1H3. The molecule has 0 aliphatic carbocycles. The number of hydrogen-bond donors (Lipinski definition) is 0. The van der Waals surface area contributed by atoms with Crippen molar-refractivity contribution in [1.29, 1.82) is 0 Å². The molecule has 0 saturated carbocycles. The van der Waals surface area contributed by atoms with E-state index >= 15 is 0 Å². The fourth-order valence-electron chi connectivity index (χ4n) is 1.27. The molecule has 0 N–H and O–H groups in total. The zero-order valence-corrected chi connectivity index (χ0v) is 8.95. The van der Waals surface area contributed by atoms with E-state index < -0.39 is 0 Å². The Morgan fingerprint density at radius 3 is 2.62 bits per heavy atom. The van der Waals surface area contributed by atoms with E-state index in [4.69, 9.17) is 34.8 Å². The van der Waals surface area contributed by atoms with Crippen LogP contribution in [0.2, 0.25) is 15.3 Å². The first-order valence-corrected chi connectivity index (χ1v) is 4.70. The Balaban J connectivity index is 3.03. The maximum atomic E-state index is 5.97. The van der Waals surface area contributed by atoms with Gasteiger partial charge in [-0.3, -0.25) is 0 Å². The highest BCUT2D eigenvalue weighted by atomic mass is 35.5. The van der Waals surface area contributed by atoms with Crippen LogP contribution in [0.5, 0.6) is 0 Å². The molecule has 2 rings (SSSR count). The molecular weight excluding hydrogens is 230 g/mol. The van der Waals surface area contributed by atoms with Gasteiger partial charge in [-0.2, -0.15) is 0 Å². The van der Waals surface area contributed by atoms with Crippen LogP contribution in [0, 0.1) is 0 Å². The molecule has 0 bridgehead atoms. The molecule has 0 saturated heterocycles. The van der Waals surface area contributed by atoms with Gasteiger partial charge >= 0.3 is 0 Å². The number of rotatable bonds is 0. The monoisotopic (exact) mass is 234 g/mol. The fourth-order valence-corrected chi connectivity index (χ4v) is 2.06.